The van der Waals surface area contributed by atoms with Gasteiger partial charge in [-0.1, -0.05) is 49.7 Å². The third-order valence-electron chi connectivity index (χ3n) is 3.28. The molecule has 1 atom stereocenters. The lowest BCUT2D eigenvalue weighted by molar-refractivity contribution is 0.851. The topological polar surface area (TPSA) is 24.9 Å². The Kier molecular flexibility index (Phi) is 5.06. The molecule has 106 valence electrons. The van der Waals surface area contributed by atoms with Crippen LogP contribution in [0.1, 0.15) is 43.9 Å². The molecule has 0 aliphatic carbocycles. The predicted octanol–water partition coefficient (Wildman–Crippen LogP) is 5.79. The second-order valence-electron chi connectivity index (χ2n) is 5.18. The molecule has 20 heavy (non-hydrogen) atoms. The number of hydrogen-bond acceptors (Lipinski definition) is 2. The fraction of sp³-hybridized carbons (Fsp3) is 0.312. The first-order valence-corrected chi connectivity index (χ1v) is 7.82. The van der Waals surface area contributed by atoms with Gasteiger partial charge in [0.2, 0.25) is 0 Å². The summed E-state index contributed by atoms with van der Waals surface area (Å²) in [5.74, 6) is 0.559. The van der Waals surface area contributed by atoms with Gasteiger partial charge in [0, 0.05) is 6.04 Å². The Morgan fingerprint density at radius 1 is 1.10 bits per heavy atom. The van der Waals surface area contributed by atoms with Crippen LogP contribution in [0.4, 0.5) is 5.69 Å². The molecule has 0 amide bonds. The van der Waals surface area contributed by atoms with E-state index in [9.17, 15) is 0 Å². The average molecular weight is 354 g/mol. The summed E-state index contributed by atoms with van der Waals surface area (Å²) in [7, 11) is 0. The van der Waals surface area contributed by atoms with Crippen LogP contribution in [0.2, 0.25) is 5.15 Å². The largest absolute Gasteiger partial charge is 0.377 e. The van der Waals surface area contributed by atoms with E-state index in [4.69, 9.17) is 11.6 Å². The van der Waals surface area contributed by atoms with Crippen LogP contribution in [0, 0.1) is 0 Å². The van der Waals surface area contributed by atoms with Gasteiger partial charge in [0.25, 0.3) is 0 Å². The Bertz CT molecular complexity index is 582. The molecule has 1 N–H and O–H groups in total. The van der Waals surface area contributed by atoms with Crippen LogP contribution >= 0.6 is 27.5 Å². The lowest BCUT2D eigenvalue weighted by Gasteiger charge is -2.17. The van der Waals surface area contributed by atoms with Gasteiger partial charge in [0.15, 0.2) is 0 Å². The zero-order chi connectivity index (χ0) is 14.7. The van der Waals surface area contributed by atoms with Crippen molar-refractivity contribution in [1.82, 2.24) is 4.98 Å². The van der Waals surface area contributed by atoms with E-state index in [0.717, 1.165) is 10.2 Å². The van der Waals surface area contributed by atoms with Gasteiger partial charge < -0.3 is 5.32 Å². The summed E-state index contributed by atoms with van der Waals surface area (Å²) in [5.41, 5.74) is 3.55. The van der Waals surface area contributed by atoms with Gasteiger partial charge in [0.1, 0.15) is 5.15 Å². The van der Waals surface area contributed by atoms with Gasteiger partial charge >= 0.3 is 0 Å². The van der Waals surface area contributed by atoms with Gasteiger partial charge in [-0.3, -0.25) is 0 Å². The molecule has 0 aliphatic heterocycles. The first-order chi connectivity index (χ1) is 9.47. The smallest absolute Gasteiger partial charge is 0.143 e. The van der Waals surface area contributed by atoms with E-state index in [2.05, 4.69) is 71.3 Å². The van der Waals surface area contributed by atoms with E-state index in [1.54, 1.807) is 6.20 Å². The standard InChI is InChI=1S/C16H18BrClN2/c1-10(2)12-4-6-13(7-5-12)11(3)20-14-8-15(17)16(18)19-9-14/h4-11,20H,1-3H3. The third kappa shape index (κ3) is 3.74. The van der Waals surface area contributed by atoms with E-state index in [-0.39, 0.29) is 6.04 Å². The number of rotatable bonds is 4. The lowest BCUT2D eigenvalue weighted by atomic mass is 9.99. The van der Waals surface area contributed by atoms with Crippen molar-refractivity contribution < 1.29 is 0 Å². The second-order valence-corrected chi connectivity index (χ2v) is 6.40. The van der Waals surface area contributed by atoms with E-state index < -0.39 is 0 Å². The molecule has 2 nitrogen and oxygen atoms in total. The summed E-state index contributed by atoms with van der Waals surface area (Å²) in [6.07, 6.45) is 1.74. The Hall–Kier alpha value is -1.06. The molecule has 0 spiro atoms. The minimum absolute atomic E-state index is 0.214. The number of aromatic nitrogens is 1. The number of hydrogen-bond donors (Lipinski definition) is 1. The van der Waals surface area contributed by atoms with Crippen LogP contribution in [0.3, 0.4) is 0 Å². The summed E-state index contributed by atoms with van der Waals surface area (Å²) < 4.78 is 0.798. The highest BCUT2D eigenvalue weighted by molar-refractivity contribution is 9.10. The predicted molar refractivity (Wildman–Crippen MR) is 89.5 cm³/mol. The van der Waals surface area contributed by atoms with Crippen LogP contribution in [0.15, 0.2) is 41.0 Å². The number of nitrogens with one attached hydrogen (secondary N) is 1. The van der Waals surface area contributed by atoms with Crippen molar-refractivity contribution in [3.63, 3.8) is 0 Å². The molecule has 1 aromatic carbocycles. The molecular formula is C16H18BrClN2. The third-order valence-corrected chi connectivity index (χ3v) is 4.42. The first kappa shape index (κ1) is 15.3. The van der Waals surface area contributed by atoms with E-state index in [0.29, 0.717) is 11.1 Å². The number of benzene rings is 1. The summed E-state index contributed by atoms with van der Waals surface area (Å²) in [4.78, 5) is 4.12. The molecule has 0 saturated heterocycles. The van der Waals surface area contributed by atoms with Crippen molar-refractivity contribution in [3.05, 3.63) is 57.3 Å². The molecule has 2 rings (SSSR count). The first-order valence-electron chi connectivity index (χ1n) is 6.65. The molecular weight excluding hydrogens is 336 g/mol. The summed E-state index contributed by atoms with van der Waals surface area (Å²) >= 11 is 9.28. The van der Waals surface area contributed by atoms with Crippen molar-refractivity contribution in [3.8, 4) is 0 Å². The van der Waals surface area contributed by atoms with Crippen LogP contribution < -0.4 is 5.32 Å². The van der Waals surface area contributed by atoms with Crippen molar-refractivity contribution in [2.75, 3.05) is 5.32 Å². The van der Waals surface area contributed by atoms with E-state index in [1.165, 1.54) is 11.1 Å². The molecule has 0 fully saturated rings. The number of pyridine rings is 1. The summed E-state index contributed by atoms with van der Waals surface area (Å²) in [6.45, 7) is 6.54. The molecule has 1 aromatic heterocycles. The van der Waals surface area contributed by atoms with Crippen molar-refractivity contribution in [2.45, 2.75) is 32.7 Å². The molecule has 0 radical (unpaired) electrons. The highest BCUT2D eigenvalue weighted by Crippen LogP contribution is 2.26. The Balaban J connectivity index is 2.10. The van der Waals surface area contributed by atoms with Gasteiger partial charge in [0.05, 0.1) is 16.4 Å². The minimum Gasteiger partial charge on any atom is -0.377 e. The molecule has 1 unspecified atom stereocenters. The molecule has 1 heterocycles. The maximum Gasteiger partial charge on any atom is 0.143 e. The monoisotopic (exact) mass is 352 g/mol. The zero-order valence-corrected chi connectivity index (χ0v) is 14.2. The Morgan fingerprint density at radius 3 is 2.25 bits per heavy atom. The second kappa shape index (κ2) is 6.59. The summed E-state index contributed by atoms with van der Waals surface area (Å²) in [6, 6.07) is 10.9. The number of nitrogens with zero attached hydrogens (tertiary/aromatic N) is 1. The molecule has 0 bridgehead atoms. The van der Waals surface area contributed by atoms with E-state index >= 15 is 0 Å². The highest BCUT2D eigenvalue weighted by atomic mass is 79.9. The quantitative estimate of drug-likeness (QED) is 0.703. The van der Waals surface area contributed by atoms with Crippen LogP contribution in [0.5, 0.6) is 0 Å². The summed E-state index contributed by atoms with van der Waals surface area (Å²) in [5, 5.41) is 3.90. The lowest BCUT2D eigenvalue weighted by Crippen LogP contribution is -2.07. The van der Waals surface area contributed by atoms with Gasteiger partial charge in [-0.2, -0.15) is 0 Å². The number of halogens is 2. The van der Waals surface area contributed by atoms with E-state index in [1.807, 2.05) is 6.07 Å². The van der Waals surface area contributed by atoms with Gasteiger partial charge in [-0.05, 0) is 46.0 Å². The SMILES string of the molecule is CC(C)c1ccc(C(C)Nc2cnc(Cl)c(Br)c2)cc1. The normalized spacial score (nSPS) is 12.5. The van der Waals surface area contributed by atoms with Crippen molar-refractivity contribution >= 4 is 33.2 Å². The molecule has 2 aromatic rings. The number of anilines is 1. The fourth-order valence-corrected chi connectivity index (χ4v) is 2.46. The van der Waals surface area contributed by atoms with Gasteiger partial charge in [-0.25, -0.2) is 4.98 Å². The average Bonchev–Trinajstić information content (AvgIpc) is 2.43. The van der Waals surface area contributed by atoms with Crippen molar-refractivity contribution in [1.29, 1.82) is 0 Å². The Labute approximate surface area is 133 Å². The van der Waals surface area contributed by atoms with Crippen LogP contribution in [0.25, 0.3) is 0 Å². The zero-order valence-electron chi connectivity index (χ0n) is 11.8. The molecule has 0 aliphatic rings. The maximum atomic E-state index is 5.90. The fourth-order valence-electron chi connectivity index (χ4n) is 2.00. The Morgan fingerprint density at radius 2 is 1.70 bits per heavy atom. The minimum atomic E-state index is 0.214. The highest BCUT2D eigenvalue weighted by Gasteiger charge is 2.08. The van der Waals surface area contributed by atoms with Crippen molar-refractivity contribution in [2.24, 2.45) is 0 Å². The molecule has 4 heteroatoms. The van der Waals surface area contributed by atoms with Crippen LogP contribution in [-0.2, 0) is 0 Å². The van der Waals surface area contributed by atoms with Gasteiger partial charge in [-0.15, -0.1) is 0 Å². The molecule has 0 saturated carbocycles. The maximum absolute atomic E-state index is 5.90. The van der Waals surface area contributed by atoms with Crippen LogP contribution in [-0.4, -0.2) is 4.98 Å².